The van der Waals surface area contributed by atoms with Crippen LogP contribution in [0, 0.1) is 0 Å². The molecule has 2 N–H and O–H groups in total. The Morgan fingerprint density at radius 2 is 1.69 bits per heavy atom. The van der Waals surface area contributed by atoms with E-state index in [1.54, 1.807) is 0 Å². The molecule has 2 aromatic heterocycles. The van der Waals surface area contributed by atoms with Crippen LogP contribution >= 0.6 is 23.1 Å². The molecule has 1 aliphatic carbocycles. The highest BCUT2D eigenvalue weighted by Crippen LogP contribution is 2.38. The fraction of sp³-hybridized carbons (Fsp3) is 0.355. The van der Waals surface area contributed by atoms with Gasteiger partial charge in [-0.25, -0.2) is 0 Å². The van der Waals surface area contributed by atoms with E-state index in [0.29, 0.717) is 42.0 Å². The molecule has 0 atom stereocenters. The van der Waals surface area contributed by atoms with Crippen molar-refractivity contribution < 1.29 is 14.3 Å². The van der Waals surface area contributed by atoms with E-state index in [4.69, 9.17) is 4.74 Å². The molecule has 6 rings (SSSR count). The van der Waals surface area contributed by atoms with Crippen molar-refractivity contribution in [1.29, 1.82) is 0 Å². The molecule has 218 valence electrons. The topological polar surface area (TPSA) is 101 Å². The van der Waals surface area contributed by atoms with Crippen LogP contribution in [0.4, 0.5) is 5.00 Å². The number of ether oxygens (including phenoxy) is 1. The lowest BCUT2D eigenvalue weighted by molar-refractivity contribution is -0.113. The Labute approximate surface area is 253 Å². The number of benzene rings is 2. The molecule has 9 nitrogen and oxygen atoms in total. The second-order valence-corrected chi connectivity index (χ2v) is 12.4. The summed E-state index contributed by atoms with van der Waals surface area (Å²) in [5, 5.41) is 16.4. The van der Waals surface area contributed by atoms with E-state index in [9.17, 15) is 9.59 Å². The van der Waals surface area contributed by atoms with Crippen LogP contribution in [0.3, 0.4) is 0 Å². The van der Waals surface area contributed by atoms with E-state index in [2.05, 4.69) is 25.7 Å². The van der Waals surface area contributed by atoms with E-state index >= 15 is 0 Å². The van der Waals surface area contributed by atoms with Gasteiger partial charge in [-0.15, -0.1) is 21.5 Å². The summed E-state index contributed by atoms with van der Waals surface area (Å²) in [6.45, 7) is 4.20. The predicted molar refractivity (Wildman–Crippen MR) is 165 cm³/mol. The summed E-state index contributed by atoms with van der Waals surface area (Å²) in [5.41, 5.74) is 3.69. The zero-order valence-electron chi connectivity index (χ0n) is 23.4. The molecule has 0 bridgehead atoms. The van der Waals surface area contributed by atoms with Crippen molar-refractivity contribution in [1.82, 2.24) is 25.0 Å². The second-order valence-electron chi connectivity index (χ2n) is 10.4. The summed E-state index contributed by atoms with van der Waals surface area (Å²) in [4.78, 5) is 30.2. The molecule has 1 saturated heterocycles. The number of nitrogens with one attached hydrogen (secondary N) is 2. The van der Waals surface area contributed by atoms with Crippen LogP contribution in [0.1, 0.15) is 45.0 Å². The summed E-state index contributed by atoms with van der Waals surface area (Å²) in [6, 6.07) is 19.8. The van der Waals surface area contributed by atoms with E-state index in [1.165, 1.54) is 28.0 Å². The van der Waals surface area contributed by atoms with Crippen molar-refractivity contribution in [3.8, 4) is 5.69 Å². The predicted octanol–water partition coefficient (Wildman–Crippen LogP) is 4.70. The number of aromatic nitrogens is 3. The van der Waals surface area contributed by atoms with Gasteiger partial charge in [0.05, 0.1) is 31.1 Å². The third kappa shape index (κ3) is 6.75. The maximum absolute atomic E-state index is 13.4. The van der Waals surface area contributed by atoms with Gasteiger partial charge in [-0.05, 0) is 48.9 Å². The number of thioether (sulfide) groups is 1. The minimum atomic E-state index is -0.173. The van der Waals surface area contributed by atoms with Crippen molar-refractivity contribution in [2.45, 2.75) is 43.9 Å². The van der Waals surface area contributed by atoms with Crippen molar-refractivity contribution in [3.05, 3.63) is 88.1 Å². The fourth-order valence-electron chi connectivity index (χ4n) is 5.35. The van der Waals surface area contributed by atoms with Crippen LogP contribution < -0.4 is 10.6 Å². The van der Waals surface area contributed by atoms with Gasteiger partial charge in [0.2, 0.25) is 5.91 Å². The smallest absolute Gasteiger partial charge is 0.254 e. The molecule has 0 unspecified atom stereocenters. The molecule has 2 aromatic carbocycles. The molecule has 2 amide bonds. The lowest BCUT2D eigenvalue weighted by Crippen LogP contribution is -2.36. The monoisotopic (exact) mass is 602 g/mol. The van der Waals surface area contributed by atoms with Gasteiger partial charge >= 0.3 is 0 Å². The SMILES string of the molecule is O=C(CSc1nnc(CN2CCOCC2)n1-c1ccccc1)Nc1sc2c(c1C(=O)NCc1ccccc1)CCCC2. The van der Waals surface area contributed by atoms with Crippen molar-refractivity contribution >= 4 is 39.9 Å². The molecule has 2 aliphatic rings. The second kappa shape index (κ2) is 13.6. The number of morpholine rings is 1. The quantitative estimate of drug-likeness (QED) is 0.254. The van der Waals surface area contributed by atoms with Crippen LogP contribution in [0.5, 0.6) is 0 Å². The van der Waals surface area contributed by atoms with Gasteiger partial charge in [0.1, 0.15) is 5.00 Å². The molecule has 11 heteroatoms. The Morgan fingerprint density at radius 3 is 2.48 bits per heavy atom. The molecule has 0 radical (unpaired) electrons. The molecular formula is C31H34N6O3S2. The van der Waals surface area contributed by atoms with Crippen LogP contribution in [0.25, 0.3) is 5.69 Å². The first-order valence-electron chi connectivity index (χ1n) is 14.3. The fourth-order valence-corrected chi connectivity index (χ4v) is 7.42. The third-order valence-corrected chi connectivity index (χ3v) is 9.60. The molecule has 42 heavy (non-hydrogen) atoms. The first-order valence-corrected chi connectivity index (χ1v) is 16.1. The summed E-state index contributed by atoms with van der Waals surface area (Å²) in [7, 11) is 0. The number of hydrogen-bond acceptors (Lipinski definition) is 8. The van der Waals surface area contributed by atoms with E-state index in [-0.39, 0.29) is 17.6 Å². The number of thiophene rings is 1. The van der Waals surface area contributed by atoms with Crippen LogP contribution in [-0.4, -0.2) is 63.5 Å². The molecule has 1 aliphatic heterocycles. The van der Waals surface area contributed by atoms with Gasteiger partial charge in [0, 0.05) is 30.2 Å². The van der Waals surface area contributed by atoms with Crippen molar-refractivity contribution in [2.24, 2.45) is 0 Å². The first kappa shape index (κ1) is 28.6. The lowest BCUT2D eigenvalue weighted by Gasteiger charge is -2.26. The maximum atomic E-state index is 13.4. The minimum absolute atomic E-state index is 0.141. The van der Waals surface area contributed by atoms with Gasteiger partial charge in [-0.2, -0.15) is 0 Å². The Hall–Kier alpha value is -3.51. The molecule has 1 fully saturated rings. The average Bonchev–Trinajstić information content (AvgIpc) is 3.60. The summed E-state index contributed by atoms with van der Waals surface area (Å²) < 4.78 is 7.52. The minimum Gasteiger partial charge on any atom is -0.379 e. The van der Waals surface area contributed by atoms with Crippen LogP contribution in [0.2, 0.25) is 0 Å². The zero-order valence-corrected chi connectivity index (χ0v) is 25.0. The molecule has 4 aromatic rings. The highest BCUT2D eigenvalue weighted by molar-refractivity contribution is 7.99. The summed E-state index contributed by atoms with van der Waals surface area (Å²) >= 11 is 2.88. The summed E-state index contributed by atoms with van der Waals surface area (Å²) in [6.07, 6.45) is 3.95. The van der Waals surface area contributed by atoms with Crippen LogP contribution in [-0.2, 0) is 35.5 Å². The number of rotatable bonds is 10. The first-order chi connectivity index (χ1) is 20.7. The van der Waals surface area contributed by atoms with Gasteiger partial charge in [-0.1, -0.05) is 60.3 Å². The normalized spacial score (nSPS) is 15.2. The number of nitrogens with zero attached hydrogens (tertiary/aromatic N) is 4. The number of hydrogen-bond donors (Lipinski definition) is 2. The lowest BCUT2D eigenvalue weighted by atomic mass is 9.95. The van der Waals surface area contributed by atoms with E-state index in [0.717, 1.165) is 61.4 Å². The van der Waals surface area contributed by atoms with Gasteiger partial charge in [-0.3, -0.25) is 19.1 Å². The number of anilines is 1. The Balaban J connectivity index is 1.17. The third-order valence-electron chi connectivity index (χ3n) is 7.46. The van der Waals surface area contributed by atoms with Crippen molar-refractivity contribution in [3.63, 3.8) is 0 Å². The van der Waals surface area contributed by atoms with Crippen molar-refractivity contribution in [2.75, 3.05) is 37.4 Å². The van der Waals surface area contributed by atoms with Gasteiger partial charge < -0.3 is 15.4 Å². The van der Waals surface area contributed by atoms with Gasteiger partial charge in [0.25, 0.3) is 5.91 Å². The molecule has 0 saturated carbocycles. The average molecular weight is 603 g/mol. The molecule has 0 spiro atoms. The highest BCUT2D eigenvalue weighted by Gasteiger charge is 2.27. The largest absolute Gasteiger partial charge is 0.379 e. The number of amides is 2. The number of carbonyl (C=O) groups excluding carboxylic acids is 2. The summed E-state index contributed by atoms with van der Waals surface area (Å²) in [5.74, 6) is 0.663. The number of para-hydroxylation sites is 1. The van der Waals surface area contributed by atoms with Crippen LogP contribution in [0.15, 0.2) is 65.8 Å². The Morgan fingerprint density at radius 1 is 0.952 bits per heavy atom. The Kier molecular flexibility index (Phi) is 9.29. The van der Waals surface area contributed by atoms with E-state index < -0.39 is 0 Å². The zero-order chi connectivity index (χ0) is 28.7. The molecule has 3 heterocycles. The number of carbonyl (C=O) groups is 2. The number of fused-ring (bicyclic) bond motifs is 1. The molecular weight excluding hydrogens is 569 g/mol. The van der Waals surface area contributed by atoms with Gasteiger partial charge in [0.15, 0.2) is 11.0 Å². The highest BCUT2D eigenvalue weighted by atomic mass is 32.2. The Bertz CT molecular complexity index is 1520. The van der Waals surface area contributed by atoms with E-state index in [1.807, 2.05) is 65.2 Å². The number of aryl methyl sites for hydroxylation is 1. The standard InChI is InChI=1S/C31H34N6O3S2/c38-27(21-41-31-35-34-26(20-36-15-17-40-18-16-36)37(31)23-11-5-2-6-12-23)33-30-28(24-13-7-8-14-25(24)42-30)29(39)32-19-22-9-3-1-4-10-22/h1-6,9-12H,7-8,13-21H2,(H,32,39)(H,33,38). The maximum Gasteiger partial charge on any atom is 0.254 e.